The molecule has 1 unspecified atom stereocenters. The SMILES string of the molecule is CC(=Nc1ccccc1)C(Br)(C#N)c1ccccc1. The van der Waals surface area contributed by atoms with Gasteiger partial charge in [0, 0.05) is 0 Å². The third-order valence-electron chi connectivity index (χ3n) is 2.88. The minimum Gasteiger partial charge on any atom is -0.255 e. The van der Waals surface area contributed by atoms with E-state index < -0.39 is 4.32 Å². The van der Waals surface area contributed by atoms with Gasteiger partial charge >= 0.3 is 0 Å². The molecule has 2 nitrogen and oxygen atoms in total. The number of aliphatic imine (C=N–C) groups is 1. The highest BCUT2D eigenvalue weighted by atomic mass is 79.9. The van der Waals surface area contributed by atoms with Crippen LogP contribution in [0.3, 0.4) is 0 Å². The van der Waals surface area contributed by atoms with Crippen molar-refractivity contribution in [1.82, 2.24) is 0 Å². The molecule has 0 aliphatic heterocycles. The van der Waals surface area contributed by atoms with Gasteiger partial charge in [-0.15, -0.1) is 0 Å². The standard InChI is InChI=1S/C16H13BrN2/c1-13(19-15-10-6-3-7-11-15)16(17,12-18)14-8-4-2-5-9-14/h2-11H,1H3. The van der Waals surface area contributed by atoms with Crippen LogP contribution in [0.5, 0.6) is 0 Å². The highest BCUT2D eigenvalue weighted by Gasteiger charge is 2.32. The van der Waals surface area contributed by atoms with Gasteiger partial charge in [0.2, 0.25) is 0 Å². The summed E-state index contributed by atoms with van der Waals surface area (Å²) in [5.74, 6) is 0. The molecule has 2 rings (SSSR count). The second kappa shape index (κ2) is 5.81. The van der Waals surface area contributed by atoms with Gasteiger partial charge < -0.3 is 0 Å². The number of nitrogens with zero attached hydrogens (tertiary/aromatic N) is 2. The van der Waals surface area contributed by atoms with Gasteiger partial charge in [0.1, 0.15) is 0 Å². The fourth-order valence-electron chi connectivity index (χ4n) is 1.80. The first-order chi connectivity index (χ1) is 9.16. The fourth-order valence-corrected chi connectivity index (χ4v) is 2.15. The van der Waals surface area contributed by atoms with Gasteiger partial charge in [-0.25, -0.2) is 0 Å². The maximum absolute atomic E-state index is 9.51. The number of hydrogen-bond acceptors (Lipinski definition) is 2. The summed E-state index contributed by atoms with van der Waals surface area (Å²) in [4.78, 5) is 4.53. The van der Waals surface area contributed by atoms with Gasteiger partial charge in [-0.1, -0.05) is 64.5 Å². The van der Waals surface area contributed by atoms with E-state index >= 15 is 0 Å². The molecule has 0 amide bonds. The Morgan fingerprint density at radius 2 is 1.58 bits per heavy atom. The van der Waals surface area contributed by atoms with E-state index in [2.05, 4.69) is 27.0 Å². The lowest BCUT2D eigenvalue weighted by Crippen LogP contribution is -2.25. The van der Waals surface area contributed by atoms with Crippen molar-refractivity contribution in [2.45, 2.75) is 11.2 Å². The summed E-state index contributed by atoms with van der Waals surface area (Å²) in [6.45, 7) is 1.86. The average molecular weight is 313 g/mol. The number of hydrogen-bond donors (Lipinski definition) is 0. The van der Waals surface area contributed by atoms with E-state index in [4.69, 9.17) is 0 Å². The largest absolute Gasteiger partial charge is 0.255 e. The van der Waals surface area contributed by atoms with E-state index in [9.17, 15) is 5.26 Å². The molecule has 0 aromatic heterocycles. The second-order valence-corrected chi connectivity index (χ2v) is 5.36. The Labute approximate surface area is 121 Å². The van der Waals surface area contributed by atoms with E-state index in [-0.39, 0.29) is 0 Å². The predicted molar refractivity (Wildman–Crippen MR) is 81.9 cm³/mol. The van der Waals surface area contributed by atoms with Crippen molar-refractivity contribution in [2.24, 2.45) is 4.99 Å². The van der Waals surface area contributed by atoms with Crippen molar-refractivity contribution in [3.05, 3.63) is 66.2 Å². The van der Waals surface area contributed by atoms with Crippen LogP contribution in [0.2, 0.25) is 0 Å². The predicted octanol–water partition coefficient (Wildman–Crippen LogP) is 4.59. The average Bonchev–Trinajstić information content (AvgIpc) is 2.48. The zero-order chi connectivity index (χ0) is 13.7. The molecule has 2 aromatic rings. The first-order valence-electron chi connectivity index (χ1n) is 5.93. The molecule has 0 bridgehead atoms. The topological polar surface area (TPSA) is 36.1 Å². The number of halogens is 1. The highest BCUT2D eigenvalue weighted by Crippen LogP contribution is 2.33. The van der Waals surface area contributed by atoms with Crippen molar-refractivity contribution in [3.8, 4) is 6.07 Å². The summed E-state index contributed by atoms with van der Waals surface area (Å²) >= 11 is 3.52. The Balaban J connectivity index is 2.43. The number of benzene rings is 2. The minimum atomic E-state index is -0.885. The molecular weight excluding hydrogens is 300 g/mol. The number of para-hydroxylation sites is 1. The van der Waals surface area contributed by atoms with E-state index in [1.165, 1.54) is 0 Å². The van der Waals surface area contributed by atoms with Gasteiger partial charge in [-0.05, 0) is 24.6 Å². The lowest BCUT2D eigenvalue weighted by molar-refractivity contribution is 1.07. The van der Waals surface area contributed by atoms with Gasteiger partial charge in [0.15, 0.2) is 4.32 Å². The van der Waals surface area contributed by atoms with E-state index in [1.54, 1.807) is 0 Å². The lowest BCUT2D eigenvalue weighted by atomic mass is 9.96. The van der Waals surface area contributed by atoms with Crippen molar-refractivity contribution in [3.63, 3.8) is 0 Å². The van der Waals surface area contributed by atoms with E-state index in [1.807, 2.05) is 67.6 Å². The molecule has 0 aliphatic rings. The molecule has 19 heavy (non-hydrogen) atoms. The van der Waals surface area contributed by atoms with Gasteiger partial charge in [-0.3, -0.25) is 4.99 Å². The van der Waals surface area contributed by atoms with E-state index in [0.717, 1.165) is 11.3 Å². The minimum absolute atomic E-state index is 0.715. The number of rotatable bonds is 3. The van der Waals surface area contributed by atoms with E-state index in [0.29, 0.717) is 5.71 Å². The van der Waals surface area contributed by atoms with Crippen LogP contribution in [0.1, 0.15) is 12.5 Å². The lowest BCUT2D eigenvalue weighted by Gasteiger charge is -2.20. The Bertz CT molecular complexity index is 614. The molecular formula is C16H13BrN2. The quantitative estimate of drug-likeness (QED) is 0.603. The number of nitriles is 1. The molecule has 0 spiro atoms. The zero-order valence-corrected chi connectivity index (χ0v) is 12.1. The fraction of sp³-hybridized carbons (Fsp3) is 0.125. The molecule has 0 N–H and O–H groups in total. The Hall–Kier alpha value is -1.92. The van der Waals surface area contributed by atoms with Crippen LogP contribution < -0.4 is 0 Å². The summed E-state index contributed by atoms with van der Waals surface area (Å²) in [6, 6.07) is 21.5. The monoisotopic (exact) mass is 312 g/mol. The summed E-state index contributed by atoms with van der Waals surface area (Å²) < 4.78 is -0.885. The van der Waals surface area contributed by atoms with Crippen LogP contribution in [0, 0.1) is 11.3 Å². The first kappa shape index (κ1) is 13.5. The Morgan fingerprint density at radius 3 is 2.11 bits per heavy atom. The number of alkyl halides is 1. The van der Waals surface area contributed by atoms with Gasteiger partial charge in [0.25, 0.3) is 0 Å². The molecule has 1 atom stereocenters. The van der Waals surface area contributed by atoms with Crippen molar-refractivity contribution in [2.75, 3.05) is 0 Å². The molecule has 0 saturated carbocycles. The van der Waals surface area contributed by atoms with Gasteiger partial charge in [0.05, 0.1) is 17.5 Å². The molecule has 0 saturated heterocycles. The molecule has 0 aliphatic carbocycles. The third kappa shape index (κ3) is 2.91. The molecule has 0 radical (unpaired) electrons. The molecule has 0 heterocycles. The molecule has 3 heteroatoms. The molecule has 0 fully saturated rings. The van der Waals surface area contributed by atoms with Crippen LogP contribution in [0.4, 0.5) is 5.69 Å². The van der Waals surface area contributed by atoms with Gasteiger partial charge in [-0.2, -0.15) is 5.26 Å². The molecule has 94 valence electrons. The van der Waals surface area contributed by atoms with Crippen LogP contribution in [-0.2, 0) is 4.32 Å². The highest BCUT2D eigenvalue weighted by molar-refractivity contribution is 9.10. The van der Waals surface area contributed by atoms with Crippen molar-refractivity contribution in [1.29, 1.82) is 5.26 Å². The van der Waals surface area contributed by atoms with Crippen LogP contribution >= 0.6 is 15.9 Å². The maximum Gasteiger partial charge on any atom is 0.174 e. The maximum atomic E-state index is 9.51. The third-order valence-corrected chi connectivity index (χ3v) is 4.09. The summed E-state index contributed by atoms with van der Waals surface area (Å²) in [5, 5.41) is 9.51. The van der Waals surface area contributed by atoms with Crippen molar-refractivity contribution < 1.29 is 0 Å². The van der Waals surface area contributed by atoms with Crippen LogP contribution in [0.15, 0.2) is 65.7 Å². The Kier molecular flexibility index (Phi) is 4.13. The first-order valence-corrected chi connectivity index (χ1v) is 6.72. The summed E-state index contributed by atoms with van der Waals surface area (Å²) in [7, 11) is 0. The normalized spacial score (nSPS) is 14.5. The van der Waals surface area contributed by atoms with Crippen LogP contribution in [-0.4, -0.2) is 5.71 Å². The molecule has 2 aromatic carbocycles. The van der Waals surface area contributed by atoms with Crippen molar-refractivity contribution >= 4 is 27.3 Å². The summed E-state index contributed by atoms with van der Waals surface area (Å²) in [6.07, 6.45) is 0. The van der Waals surface area contributed by atoms with Crippen LogP contribution in [0.25, 0.3) is 0 Å². The zero-order valence-electron chi connectivity index (χ0n) is 10.5. The Morgan fingerprint density at radius 1 is 1.05 bits per heavy atom. The summed E-state index contributed by atoms with van der Waals surface area (Å²) in [5.41, 5.74) is 2.44. The smallest absolute Gasteiger partial charge is 0.174 e. The second-order valence-electron chi connectivity index (χ2n) is 4.17.